The molecular formula is C18H30N2. The van der Waals surface area contributed by atoms with Crippen molar-refractivity contribution in [3.05, 3.63) is 29.8 Å². The third-order valence-corrected chi connectivity index (χ3v) is 4.66. The molecule has 1 aromatic rings. The predicted molar refractivity (Wildman–Crippen MR) is 88.6 cm³/mol. The van der Waals surface area contributed by atoms with E-state index in [-0.39, 0.29) is 0 Å². The average molecular weight is 274 g/mol. The summed E-state index contributed by atoms with van der Waals surface area (Å²) in [6.45, 7) is 12.6. The zero-order chi connectivity index (χ0) is 14.5. The van der Waals surface area contributed by atoms with E-state index in [0.29, 0.717) is 12.0 Å². The Morgan fingerprint density at radius 1 is 1.30 bits per heavy atom. The third kappa shape index (κ3) is 3.76. The summed E-state index contributed by atoms with van der Waals surface area (Å²) in [4.78, 5) is 2.57. The normalized spacial score (nSPS) is 21.9. The number of nitrogens with zero attached hydrogens (tertiary/aromatic N) is 1. The molecule has 0 aliphatic carbocycles. The summed E-state index contributed by atoms with van der Waals surface area (Å²) >= 11 is 0. The lowest BCUT2D eigenvalue weighted by Crippen LogP contribution is -2.42. The zero-order valence-electron chi connectivity index (χ0n) is 13.5. The van der Waals surface area contributed by atoms with Gasteiger partial charge in [-0.25, -0.2) is 0 Å². The lowest BCUT2D eigenvalue weighted by Gasteiger charge is -2.30. The summed E-state index contributed by atoms with van der Waals surface area (Å²) in [5, 5.41) is 3.73. The van der Waals surface area contributed by atoms with Crippen LogP contribution in [0.3, 0.4) is 0 Å². The summed E-state index contributed by atoms with van der Waals surface area (Å²) in [6.07, 6.45) is 2.48. The number of nitrogens with one attached hydrogen (secondary N) is 1. The third-order valence-electron chi connectivity index (χ3n) is 4.66. The van der Waals surface area contributed by atoms with E-state index in [0.717, 1.165) is 19.0 Å². The molecule has 20 heavy (non-hydrogen) atoms. The molecule has 2 unspecified atom stereocenters. The lowest BCUT2D eigenvalue weighted by atomic mass is 9.98. The van der Waals surface area contributed by atoms with Crippen molar-refractivity contribution in [3.8, 4) is 0 Å². The minimum Gasteiger partial charge on any atom is -0.370 e. The molecule has 2 atom stereocenters. The Kier molecular flexibility index (Phi) is 5.47. The molecule has 1 saturated heterocycles. The van der Waals surface area contributed by atoms with Crippen molar-refractivity contribution < 1.29 is 0 Å². The number of benzene rings is 1. The Hall–Kier alpha value is -1.02. The second kappa shape index (κ2) is 7.12. The Morgan fingerprint density at radius 3 is 2.80 bits per heavy atom. The van der Waals surface area contributed by atoms with Gasteiger partial charge in [-0.15, -0.1) is 0 Å². The highest BCUT2D eigenvalue weighted by Gasteiger charge is 2.22. The first-order chi connectivity index (χ1) is 9.61. The lowest BCUT2D eigenvalue weighted by molar-refractivity contribution is 0.384. The van der Waals surface area contributed by atoms with Gasteiger partial charge in [0.2, 0.25) is 0 Å². The van der Waals surface area contributed by atoms with Gasteiger partial charge >= 0.3 is 0 Å². The van der Waals surface area contributed by atoms with Gasteiger partial charge in [-0.1, -0.05) is 46.2 Å². The van der Waals surface area contributed by atoms with Gasteiger partial charge in [-0.05, 0) is 42.5 Å². The van der Waals surface area contributed by atoms with Gasteiger partial charge in [0.25, 0.3) is 0 Å². The SMILES string of the molecule is CCC(C)C1CN(c2cccc(C(C)C)c2)CCCN1. The van der Waals surface area contributed by atoms with Gasteiger partial charge in [0.15, 0.2) is 0 Å². The fourth-order valence-corrected chi connectivity index (χ4v) is 2.93. The Bertz CT molecular complexity index is 414. The maximum Gasteiger partial charge on any atom is 0.0369 e. The summed E-state index contributed by atoms with van der Waals surface area (Å²) < 4.78 is 0. The fourth-order valence-electron chi connectivity index (χ4n) is 2.93. The highest BCUT2D eigenvalue weighted by molar-refractivity contribution is 5.49. The largest absolute Gasteiger partial charge is 0.370 e. The number of hydrogen-bond donors (Lipinski definition) is 1. The second-order valence-electron chi connectivity index (χ2n) is 6.50. The molecular weight excluding hydrogens is 244 g/mol. The quantitative estimate of drug-likeness (QED) is 0.892. The van der Waals surface area contributed by atoms with Gasteiger partial charge in [0.1, 0.15) is 0 Å². The van der Waals surface area contributed by atoms with Crippen LogP contribution in [0.4, 0.5) is 5.69 Å². The molecule has 0 bridgehead atoms. The van der Waals surface area contributed by atoms with Crippen LogP contribution >= 0.6 is 0 Å². The Morgan fingerprint density at radius 2 is 2.10 bits per heavy atom. The van der Waals surface area contributed by atoms with Crippen molar-refractivity contribution in [1.29, 1.82) is 0 Å². The molecule has 0 amide bonds. The Labute approximate surface area is 124 Å². The monoisotopic (exact) mass is 274 g/mol. The first kappa shape index (κ1) is 15.4. The maximum absolute atomic E-state index is 3.73. The van der Waals surface area contributed by atoms with E-state index in [9.17, 15) is 0 Å². The molecule has 0 aromatic heterocycles. The van der Waals surface area contributed by atoms with Crippen LogP contribution < -0.4 is 10.2 Å². The molecule has 1 aliphatic rings. The molecule has 1 N–H and O–H groups in total. The number of rotatable bonds is 4. The summed E-state index contributed by atoms with van der Waals surface area (Å²) in [5.41, 5.74) is 2.84. The van der Waals surface area contributed by atoms with E-state index in [1.165, 1.54) is 30.6 Å². The molecule has 0 radical (unpaired) electrons. The maximum atomic E-state index is 3.73. The molecule has 0 saturated carbocycles. The van der Waals surface area contributed by atoms with Crippen LogP contribution in [0.5, 0.6) is 0 Å². The van der Waals surface area contributed by atoms with E-state index in [1.54, 1.807) is 0 Å². The zero-order valence-corrected chi connectivity index (χ0v) is 13.5. The number of anilines is 1. The topological polar surface area (TPSA) is 15.3 Å². The first-order valence-electron chi connectivity index (χ1n) is 8.20. The highest BCUT2D eigenvalue weighted by atomic mass is 15.2. The van der Waals surface area contributed by atoms with Gasteiger partial charge < -0.3 is 10.2 Å². The molecule has 1 fully saturated rings. The molecule has 1 aromatic carbocycles. The van der Waals surface area contributed by atoms with Crippen LogP contribution in [0.1, 0.15) is 52.0 Å². The Balaban J connectivity index is 2.15. The van der Waals surface area contributed by atoms with Crippen LogP contribution in [0.15, 0.2) is 24.3 Å². The molecule has 1 heterocycles. The molecule has 2 nitrogen and oxygen atoms in total. The van der Waals surface area contributed by atoms with Crippen molar-refractivity contribution in [2.24, 2.45) is 5.92 Å². The van der Waals surface area contributed by atoms with Crippen molar-refractivity contribution in [2.75, 3.05) is 24.5 Å². The van der Waals surface area contributed by atoms with Crippen LogP contribution in [-0.4, -0.2) is 25.7 Å². The summed E-state index contributed by atoms with van der Waals surface area (Å²) in [6, 6.07) is 9.72. The van der Waals surface area contributed by atoms with Crippen molar-refractivity contribution in [3.63, 3.8) is 0 Å². The van der Waals surface area contributed by atoms with Crippen LogP contribution in [0.2, 0.25) is 0 Å². The first-order valence-corrected chi connectivity index (χ1v) is 8.20. The van der Waals surface area contributed by atoms with Crippen molar-refractivity contribution in [1.82, 2.24) is 5.32 Å². The average Bonchev–Trinajstić information content (AvgIpc) is 2.72. The molecule has 0 spiro atoms. The smallest absolute Gasteiger partial charge is 0.0369 e. The minimum absolute atomic E-state index is 0.602. The van der Waals surface area contributed by atoms with E-state index in [2.05, 4.69) is 62.2 Å². The van der Waals surface area contributed by atoms with E-state index in [1.807, 2.05) is 0 Å². The molecule has 2 rings (SSSR count). The molecule has 112 valence electrons. The molecule has 1 aliphatic heterocycles. The van der Waals surface area contributed by atoms with Gasteiger partial charge in [-0.2, -0.15) is 0 Å². The van der Waals surface area contributed by atoms with E-state index in [4.69, 9.17) is 0 Å². The highest BCUT2D eigenvalue weighted by Crippen LogP contribution is 2.24. The number of hydrogen-bond acceptors (Lipinski definition) is 2. The summed E-state index contributed by atoms with van der Waals surface area (Å²) in [7, 11) is 0. The second-order valence-corrected chi connectivity index (χ2v) is 6.50. The van der Waals surface area contributed by atoms with Gasteiger partial charge in [-0.3, -0.25) is 0 Å². The van der Waals surface area contributed by atoms with Crippen LogP contribution in [0.25, 0.3) is 0 Å². The fraction of sp³-hybridized carbons (Fsp3) is 0.667. The minimum atomic E-state index is 0.602. The van der Waals surface area contributed by atoms with Gasteiger partial charge in [0.05, 0.1) is 0 Å². The van der Waals surface area contributed by atoms with Gasteiger partial charge in [0, 0.05) is 24.8 Å². The van der Waals surface area contributed by atoms with Crippen molar-refractivity contribution >= 4 is 5.69 Å². The van der Waals surface area contributed by atoms with E-state index < -0.39 is 0 Å². The standard InChI is InChI=1S/C18H30N2/c1-5-15(4)18-13-20(11-7-10-19-18)17-9-6-8-16(12-17)14(2)3/h6,8-9,12,14-15,18-19H,5,7,10-11,13H2,1-4H3. The predicted octanol–water partition coefficient (Wildman–Crippen LogP) is 4.02. The van der Waals surface area contributed by atoms with Crippen LogP contribution in [0, 0.1) is 5.92 Å². The van der Waals surface area contributed by atoms with Crippen molar-refractivity contribution in [2.45, 2.75) is 52.5 Å². The van der Waals surface area contributed by atoms with E-state index >= 15 is 0 Å². The summed E-state index contributed by atoms with van der Waals surface area (Å²) in [5.74, 6) is 1.34. The molecule has 2 heteroatoms. The van der Waals surface area contributed by atoms with Crippen LogP contribution in [-0.2, 0) is 0 Å².